The number of hydrogen-bond acceptors (Lipinski definition) is 5. The molecule has 2 aromatic heterocycles. The van der Waals surface area contributed by atoms with Gasteiger partial charge in [-0.15, -0.1) is 0 Å². The number of para-hydroxylation sites is 1. The molecule has 3 heterocycles. The molecule has 1 N–H and O–H groups in total. The lowest BCUT2D eigenvalue weighted by Gasteiger charge is -2.34. The Balaban J connectivity index is 1.19. The summed E-state index contributed by atoms with van der Waals surface area (Å²) in [5, 5.41) is 16.2. The maximum atomic E-state index is 12.9. The molecule has 0 aliphatic carbocycles. The average Bonchev–Trinajstić information content (AvgIpc) is 3.52. The predicted molar refractivity (Wildman–Crippen MR) is 125 cm³/mol. The number of nitrogens with one attached hydrogen (secondary N) is 1. The van der Waals surface area contributed by atoms with Crippen molar-refractivity contribution in [2.45, 2.75) is 6.42 Å². The number of carbonyl (C=O) groups is 2. The van der Waals surface area contributed by atoms with Crippen molar-refractivity contribution < 1.29 is 14.5 Å². The summed E-state index contributed by atoms with van der Waals surface area (Å²) in [5.74, 6) is -0.163. The Bertz CT molecular complexity index is 1370. The molecule has 172 valence electrons. The molecule has 0 radical (unpaired) electrons. The number of H-pyrrole nitrogens is 1. The van der Waals surface area contributed by atoms with Crippen LogP contribution in [0.3, 0.4) is 0 Å². The Morgan fingerprint density at radius 3 is 2.41 bits per heavy atom. The van der Waals surface area contributed by atoms with Crippen molar-refractivity contribution in [3.63, 3.8) is 0 Å². The van der Waals surface area contributed by atoms with Crippen molar-refractivity contribution in [3.05, 3.63) is 88.4 Å². The molecule has 0 bridgehead atoms. The minimum atomic E-state index is -0.466. The van der Waals surface area contributed by atoms with Crippen molar-refractivity contribution in [1.82, 2.24) is 24.6 Å². The van der Waals surface area contributed by atoms with Gasteiger partial charge in [0.05, 0.1) is 17.0 Å². The van der Waals surface area contributed by atoms with Crippen LogP contribution in [0.4, 0.5) is 5.69 Å². The first-order valence-corrected chi connectivity index (χ1v) is 10.9. The van der Waals surface area contributed by atoms with Gasteiger partial charge in [-0.05, 0) is 29.8 Å². The quantitative estimate of drug-likeness (QED) is 0.365. The molecule has 4 aromatic rings. The highest BCUT2D eigenvalue weighted by atomic mass is 16.6. The second kappa shape index (κ2) is 8.81. The summed E-state index contributed by atoms with van der Waals surface area (Å²) in [6, 6.07) is 15.5. The van der Waals surface area contributed by atoms with Crippen LogP contribution in [-0.2, 0) is 11.2 Å². The molecule has 10 heteroatoms. The fraction of sp³-hybridized carbons (Fsp3) is 0.208. The monoisotopic (exact) mass is 458 g/mol. The predicted octanol–water partition coefficient (Wildman–Crippen LogP) is 2.79. The number of nitro benzene ring substituents is 1. The molecule has 0 saturated carbocycles. The standard InChI is InChI=1S/C24H22N6O4/c31-23(15-17-16-25-21-4-2-1-3-20(17)21)27-11-13-28(14-12-27)24(32)22-9-10-29(26-22)18-5-7-19(8-6-18)30(33)34/h1-10,16,25H,11-15H2. The normalized spacial score (nSPS) is 13.9. The van der Waals surface area contributed by atoms with Crippen LogP contribution in [0.1, 0.15) is 16.1 Å². The number of aromatic nitrogens is 3. The number of hydrogen-bond donors (Lipinski definition) is 1. The number of piperazine rings is 1. The number of nitrogens with zero attached hydrogens (tertiary/aromatic N) is 5. The van der Waals surface area contributed by atoms with E-state index in [1.165, 1.54) is 16.8 Å². The Labute approximate surface area is 194 Å². The zero-order valence-electron chi connectivity index (χ0n) is 18.3. The van der Waals surface area contributed by atoms with E-state index in [4.69, 9.17) is 0 Å². The summed E-state index contributed by atoms with van der Waals surface area (Å²) in [4.78, 5) is 42.8. The third-order valence-corrected chi connectivity index (χ3v) is 6.07. The van der Waals surface area contributed by atoms with Crippen LogP contribution < -0.4 is 0 Å². The average molecular weight is 458 g/mol. The highest BCUT2D eigenvalue weighted by Crippen LogP contribution is 2.20. The molecule has 1 aliphatic heterocycles. The first-order chi connectivity index (χ1) is 16.5. The molecule has 2 aromatic carbocycles. The van der Waals surface area contributed by atoms with Crippen molar-refractivity contribution in [3.8, 4) is 5.69 Å². The number of non-ortho nitro benzene ring substituents is 1. The SMILES string of the molecule is O=C(Cc1c[nH]c2ccccc12)N1CCN(C(=O)c2ccn(-c3ccc([N+](=O)[O-])cc3)n2)CC1. The second-order valence-electron chi connectivity index (χ2n) is 8.13. The van der Waals surface area contributed by atoms with E-state index in [2.05, 4.69) is 10.1 Å². The lowest BCUT2D eigenvalue weighted by Crippen LogP contribution is -2.51. The first-order valence-electron chi connectivity index (χ1n) is 10.9. The fourth-order valence-electron chi connectivity index (χ4n) is 4.18. The Morgan fingerprint density at radius 1 is 0.971 bits per heavy atom. The lowest BCUT2D eigenvalue weighted by atomic mass is 10.1. The zero-order valence-corrected chi connectivity index (χ0v) is 18.3. The van der Waals surface area contributed by atoms with Crippen LogP contribution in [0.15, 0.2) is 67.0 Å². The van der Waals surface area contributed by atoms with Crippen molar-refractivity contribution in [2.24, 2.45) is 0 Å². The highest BCUT2D eigenvalue weighted by molar-refractivity contribution is 5.93. The van der Waals surface area contributed by atoms with E-state index in [0.717, 1.165) is 16.5 Å². The minimum Gasteiger partial charge on any atom is -0.361 e. The largest absolute Gasteiger partial charge is 0.361 e. The van der Waals surface area contributed by atoms with Crippen LogP contribution in [0.5, 0.6) is 0 Å². The van der Waals surface area contributed by atoms with Crippen LogP contribution in [0.2, 0.25) is 0 Å². The molecule has 1 aliphatic rings. The van der Waals surface area contributed by atoms with E-state index in [9.17, 15) is 19.7 Å². The Morgan fingerprint density at radius 2 is 1.68 bits per heavy atom. The number of rotatable bonds is 5. The smallest absolute Gasteiger partial charge is 0.274 e. The first kappa shape index (κ1) is 21.4. The zero-order chi connectivity index (χ0) is 23.7. The number of benzene rings is 2. The maximum Gasteiger partial charge on any atom is 0.274 e. The molecule has 5 rings (SSSR count). The van der Waals surface area contributed by atoms with Gasteiger partial charge in [-0.1, -0.05) is 18.2 Å². The summed E-state index contributed by atoms with van der Waals surface area (Å²) in [7, 11) is 0. The molecule has 10 nitrogen and oxygen atoms in total. The van der Waals surface area contributed by atoms with Crippen LogP contribution >= 0.6 is 0 Å². The lowest BCUT2D eigenvalue weighted by molar-refractivity contribution is -0.384. The van der Waals surface area contributed by atoms with Gasteiger partial charge in [-0.2, -0.15) is 5.10 Å². The Hall–Kier alpha value is -4.47. The van der Waals surface area contributed by atoms with Gasteiger partial charge in [0.25, 0.3) is 11.6 Å². The highest BCUT2D eigenvalue weighted by Gasteiger charge is 2.26. The Kier molecular flexibility index (Phi) is 5.54. The van der Waals surface area contributed by atoms with Gasteiger partial charge in [0, 0.05) is 61.6 Å². The molecule has 0 unspecified atom stereocenters. The van der Waals surface area contributed by atoms with Gasteiger partial charge >= 0.3 is 0 Å². The summed E-state index contributed by atoms with van der Waals surface area (Å²) >= 11 is 0. The van der Waals surface area contributed by atoms with E-state index in [-0.39, 0.29) is 23.2 Å². The second-order valence-corrected chi connectivity index (χ2v) is 8.13. The van der Waals surface area contributed by atoms with Gasteiger partial charge < -0.3 is 14.8 Å². The summed E-state index contributed by atoms with van der Waals surface area (Å²) < 4.78 is 1.51. The number of amides is 2. The molecule has 0 spiro atoms. The molecule has 1 saturated heterocycles. The third-order valence-electron chi connectivity index (χ3n) is 6.07. The van der Waals surface area contributed by atoms with Crippen LogP contribution in [0, 0.1) is 10.1 Å². The van der Waals surface area contributed by atoms with Crippen molar-refractivity contribution in [2.75, 3.05) is 26.2 Å². The van der Waals surface area contributed by atoms with E-state index in [1.54, 1.807) is 34.2 Å². The molecule has 1 fully saturated rings. The molecule has 0 atom stereocenters. The number of aromatic amines is 1. The van der Waals surface area contributed by atoms with Crippen molar-refractivity contribution >= 4 is 28.4 Å². The van der Waals surface area contributed by atoms with Crippen molar-refractivity contribution in [1.29, 1.82) is 0 Å². The molecular weight excluding hydrogens is 436 g/mol. The van der Waals surface area contributed by atoms with E-state index < -0.39 is 4.92 Å². The fourth-order valence-corrected chi connectivity index (χ4v) is 4.18. The van der Waals surface area contributed by atoms with Gasteiger partial charge in [0.1, 0.15) is 0 Å². The van der Waals surface area contributed by atoms with Crippen LogP contribution in [-0.4, -0.2) is 67.5 Å². The number of fused-ring (bicyclic) bond motifs is 1. The number of nitro groups is 1. The minimum absolute atomic E-state index is 0.00989. The van der Waals surface area contributed by atoms with Gasteiger partial charge in [0.15, 0.2) is 5.69 Å². The van der Waals surface area contributed by atoms with Gasteiger partial charge in [-0.3, -0.25) is 19.7 Å². The topological polar surface area (TPSA) is 117 Å². The van der Waals surface area contributed by atoms with Crippen LogP contribution in [0.25, 0.3) is 16.6 Å². The molecule has 2 amide bonds. The molecule has 34 heavy (non-hydrogen) atoms. The van der Waals surface area contributed by atoms with E-state index >= 15 is 0 Å². The van der Waals surface area contributed by atoms with E-state index in [1.807, 2.05) is 30.5 Å². The maximum absolute atomic E-state index is 12.9. The molecular formula is C24H22N6O4. The van der Waals surface area contributed by atoms with E-state index in [0.29, 0.717) is 38.3 Å². The van der Waals surface area contributed by atoms with Gasteiger partial charge in [-0.25, -0.2) is 4.68 Å². The number of carbonyl (C=O) groups excluding carboxylic acids is 2. The summed E-state index contributed by atoms with van der Waals surface area (Å²) in [6.07, 6.45) is 3.84. The van der Waals surface area contributed by atoms with Gasteiger partial charge in [0.2, 0.25) is 5.91 Å². The third kappa shape index (κ3) is 4.13. The summed E-state index contributed by atoms with van der Waals surface area (Å²) in [5.41, 5.74) is 2.88. The summed E-state index contributed by atoms with van der Waals surface area (Å²) in [6.45, 7) is 1.80.